The molecule has 0 bridgehead atoms. The third-order valence-corrected chi connectivity index (χ3v) is 4.03. The van der Waals surface area contributed by atoms with Crippen molar-refractivity contribution in [2.45, 2.75) is 6.18 Å². The van der Waals surface area contributed by atoms with E-state index in [1.807, 2.05) is 0 Å². The molecule has 110 valence electrons. The maximum Gasteiger partial charge on any atom is 0.433 e. The highest BCUT2D eigenvalue weighted by molar-refractivity contribution is 9.11. The van der Waals surface area contributed by atoms with Gasteiger partial charge in [-0.3, -0.25) is 4.79 Å². The molecule has 21 heavy (non-hydrogen) atoms. The van der Waals surface area contributed by atoms with Crippen molar-refractivity contribution in [2.24, 2.45) is 0 Å². The number of carbonyl (C=O) groups excluding carboxylic acids is 1. The van der Waals surface area contributed by atoms with E-state index in [1.54, 1.807) is 18.2 Å². The van der Waals surface area contributed by atoms with Gasteiger partial charge in [0.2, 0.25) is 0 Å². The van der Waals surface area contributed by atoms with Crippen molar-refractivity contribution in [1.82, 2.24) is 4.98 Å². The number of alkyl halides is 3. The van der Waals surface area contributed by atoms with Crippen molar-refractivity contribution in [3.63, 3.8) is 0 Å². The molecule has 0 aliphatic heterocycles. The Hall–Kier alpha value is -0.920. The first-order valence-electron chi connectivity index (χ1n) is 5.43. The molecule has 0 N–H and O–H groups in total. The summed E-state index contributed by atoms with van der Waals surface area (Å²) in [4.78, 5) is 15.6. The monoisotopic (exact) mass is 441 g/mol. The first kappa shape index (κ1) is 16.5. The van der Waals surface area contributed by atoms with Crippen molar-refractivity contribution in [3.05, 3.63) is 61.3 Å². The zero-order valence-electron chi connectivity index (χ0n) is 10.0. The molecule has 0 unspecified atom stereocenters. The molecule has 0 fully saturated rings. The lowest BCUT2D eigenvalue weighted by atomic mass is 10.0. The normalized spacial score (nSPS) is 11.5. The summed E-state index contributed by atoms with van der Waals surface area (Å²) < 4.78 is 38.7. The quantitative estimate of drug-likeness (QED) is 0.453. The molecule has 0 atom stereocenters. The fourth-order valence-electron chi connectivity index (χ4n) is 1.58. The molecular formula is C13H5Br2ClF3NO. The molecule has 0 aliphatic carbocycles. The fraction of sp³-hybridized carbons (Fsp3) is 0.0769. The summed E-state index contributed by atoms with van der Waals surface area (Å²) >= 11 is 12.2. The molecule has 8 heteroatoms. The lowest BCUT2D eigenvalue weighted by Crippen LogP contribution is -2.11. The van der Waals surface area contributed by atoms with E-state index in [-0.39, 0.29) is 11.1 Å². The molecule has 2 nitrogen and oxygen atoms in total. The number of benzene rings is 1. The van der Waals surface area contributed by atoms with Crippen LogP contribution in [-0.4, -0.2) is 10.8 Å². The van der Waals surface area contributed by atoms with Crippen LogP contribution in [0.15, 0.2) is 39.3 Å². The van der Waals surface area contributed by atoms with Gasteiger partial charge >= 0.3 is 6.18 Å². The topological polar surface area (TPSA) is 30.0 Å². The first-order chi connectivity index (χ1) is 9.70. The van der Waals surface area contributed by atoms with E-state index >= 15 is 0 Å². The minimum absolute atomic E-state index is 0.0940. The second kappa shape index (κ2) is 6.06. The van der Waals surface area contributed by atoms with Gasteiger partial charge in [-0.25, -0.2) is 4.98 Å². The Bertz CT molecular complexity index is 719. The van der Waals surface area contributed by atoms with E-state index in [9.17, 15) is 18.0 Å². The van der Waals surface area contributed by atoms with Crippen LogP contribution in [0.3, 0.4) is 0 Å². The van der Waals surface area contributed by atoms with E-state index < -0.39 is 22.8 Å². The van der Waals surface area contributed by atoms with Gasteiger partial charge in [-0.15, -0.1) is 0 Å². The van der Waals surface area contributed by atoms with Gasteiger partial charge in [0.15, 0.2) is 5.78 Å². The Kier molecular flexibility index (Phi) is 4.75. The van der Waals surface area contributed by atoms with Crippen LogP contribution < -0.4 is 0 Å². The Labute approximate surface area is 139 Å². The molecule has 0 amide bonds. The molecular weight excluding hydrogens is 438 g/mol. The van der Waals surface area contributed by atoms with Crippen molar-refractivity contribution < 1.29 is 18.0 Å². The smallest absolute Gasteiger partial charge is 0.288 e. The molecule has 1 aromatic carbocycles. The van der Waals surface area contributed by atoms with Crippen molar-refractivity contribution in [3.8, 4) is 0 Å². The number of hydrogen-bond acceptors (Lipinski definition) is 2. The van der Waals surface area contributed by atoms with Crippen molar-refractivity contribution in [2.75, 3.05) is 0 Å². The van der Waals surface area contributed by atoms with Crippen LogP contribution >= 0.6 is 43.5 Å². The number of hydrogen-bond donors (Lipinski definition) is 0. The van der Waals surface area contributed by atoms with E-state index in [4.69, 9.17) is 11.6 Å². The third kappa shape index (κ3) is 3.64. The molecule has 1 heterocycles. The van der Waals surface area contributed by atoms with Crippen LogP contribution in [0, 0.1) is 0 Å². The van der Waals surface area contributed by atoms with Crippen molar-refractivity contribution >= 4 is 49.2 Å². The van der Waals surface area contributed by atoms with Crippen LogP contribution in [0.25, 0.3) is 0 Å². The molecule has 0 aliphatic rings. The zero-order valence-corrected chi connectivity index (χ0v) is 13.9. The Morgan fingerprint density at radius 2 is 1.76 bits per heavy atom. The summed E-state index contributed by atoms with van der Waals surface area (Å²) in [6.45, 7) is 0. The lowest BCUT2D eigenvalue weighted by Gasteiger charge is -2.09. The summed E-state index contributed by atoms with van der Waals surface area (Å²) in [7, 11) is 0. The SMILES string of the molecule is O=C(c1cc(Br)ccc1Br)c1ccc(C(F)(F)F)nc1Cl. The van der Waals surface area contributed by atoms with Gasteiger partial charge in [0, 0.05) is 14.5 Å². The Balaban J connectivity index is 2.47. The predicted octanol–water partition coefficient (Wildman–Crippen LogP) is 5.51. The molecule has 2 rings (SSSR count). The standard InChI is InChI=1S/C13H5Br2ClF3NO/c14-6-1-3-9(15)8(5-6)11(21)7-2-4-10(13(17,18)19)20-12(7)16/h1-5H. The summed E-state index contributed by atoms with van der Waals surface area (Å²) in [6, 6.07) is 6.65. The fourth-order valence-corrected chi connectivity index (χ4v) is 2.61. The van der Waals surface area contributed by atoms with Crippen molar-refractivity contribution in [1.29, 1.82) is 0 Å². The Morgan fingerprint density at radius 1 is 1.10 bits per heavy atom. The van der Waals surface area contributed by atoms with E-state index in [2.05, 4.69) is 36.8 Å². The third-order valence-electron chi connectivity index (χ3n) is 2.56. The van der Waals surface area contributed by atoms with Gasteiger partial charge in [0.25, 0.3) is 0 Å². The van der Waals surface area contributed by atoms with Gasteiger partial charge in [0.1, 0.15) is 10.8 Å². The van der Waals surface area contributed by atoms with Crippen LogP contribution in [0.1, 0.15) is 21.6 Å². The van der Waals surface area contributed by atoms with Gasteiger partial charge in [0.05, 0.1) is 5.56 Å². The maximum absolute atomic E-state index is 12.5. The highest BCUT2D eigenvalue weighted by atomic mass is 79.9. The van der Waals surface area contributed by atoms with Gasteiger partial charge in [-0.1, -0.05) is 43.5 Å². The van der Waals surface area contributed by atoms with Gasteiger partial charge < -0.3 is 0 Å². The summed E-state index contributed by atoms with van der Waals surface area (Å²) in [6.07, 6.45) is -4.61. The van der Waals surface area contributed by atoms with E-state index in [0.29, 0.717) is 8.95 Å². The minimum Gasteiger partial charge on any atom is -0.288 e. The van der Waals surface area contributed by atoms with Gasteiger partial charge in [-0.05, 0) is 30.3 Å². The lowest BCUT2D eigenvalue weighted by molar-refractivity contribution is -0.141. The van der Waals surface area contributed by atoms with Crippen LogP contribution in [-0.2, 0) is 6.18 Å². The largest absolute Gasteiger partial charge is 0.433 e. The molecule has 0 saturated heterocycles. The number of halogens is 6. The van der Waals surface area contributed by atoms with E-state index in [1.165, 1.54) is 0 Å². The molecule has 0 spiro atoms. The Morgan fingerprint density at radius 3 is 2.33 bits per heavy atom. The van der Waals surface area contributed by atoms with Crippen LogP contribution in [0.2, 0.25) is 5.15 Å². The summed E-state index contributed by atoms with van der Waals surface area (Å²) in [5.74, 6) is -0.519. The highest BCUT2D eigenvalue weighted by Gasteiger charge is 2.33. The second-order valence-electron chi connectivity index (χ2n) is 3.99. The highest BCUT2D eigenvalue weighted by Crippen LogP contribution is 2.31. The maximum atomic E-state index is 12.5. The number of pyridine rings is 1. The predicted molar refractivity (Wildman–Crippen MR) is 79.5 cm³/mol. The summed E-state index contributed by atoms with van der Waals surface area (Å²) in [5, 5.41) is -0.485. The number of aromatic nitrogens is 1. The number of nitrogens with zero attached hydrogens (tertiary/aromatic N) is 1. The molecule has 0 saturated carbocycles. The number of carbonyl (C=O) groups is 1. The number of ketones is 1. The zero-order chi connectivity index (χ0) is 15.8. The molecule has 1 aromatic heterocycles. The average molecular weight is 443 g/mol. The first-order valence-corrected chi connectivity index (χ1v) is 7.40. The second-order valence-corrected chi connectivity index (χ2v) is 6.11. The average Bonchev–Trinajstić information content (AvgIpc) is 2.39. The minimum atomic E-state index is -4.61. The molecule has 0 radical (unpaired) electrons. The van der Waals surface area contributed by atoms with Gasteiger partial charge in [-0.2, -0.15) is 13.2 Å². The van der Waals surface area contributed by atoms with Crippen LogP contribution in [0.5, 0.6) is 0 Å². The van der Waals surface area contributed by atoms with Crippen LogP contribution in [0.4, 0.5) is 13.2 Å². The number of rotatable bonds is 2. The molecule has 2 aromatic rings. The van der Waals surface area contributed by atoms with E-state index in [0.717, 1.165) is 12.1 Å². The summed E-state index contributed by atoms with van der Waals surface area (Å²) in [5.41, 5.74) is -0.964.